The van der Waals surface area contributed by atoms with Crippen molar-refractivity contribution in [3.8, 4) is 5.75 Å². The first-order valence-electron chi connectivity index (χ1n) is 9.93. The van der Waals surface area contributed by atoms with Gasteiger partial charge in [-0.05, 0) is 55.7 Å². The SMILES string of the molecule is C=CCOc1ccccc1NC(=O)CNc1ccc(C(=O)N2CCCCC2)cc1. The van der Waals surface area contributed by atoms with Crippen LogP contribution in [0.1, 0.15) is 29.6 Å². The summed E-state index contributed by atoms with van der Waals surface area (Å²) in [5.74, 6) is 0.486. The Morgan fingerprint density at radius 1 is 1.03 bits per heavy atom. The molecule has 152 valence electrons. The van der Waals surface area contributed by atoms with Crippen molar-refractivity contribution in [3.05, 3.63) is 66.7 Å². The van der Waals surface area contributed by atoms with Crippen molar-refractivity contribution in [1.82, 2.24) is 4.90 Å². The second-order valence-corrected chi connectivity index (χ2v) is 6.93. The van der Waals surface area contributed by atoms with Crippen LogP contribution < -0.4 is 15.4 Å². The van der Waals surface area contributed by atoms with E-state index in [1.165, 1.54) is 6.42 Å². The van der Waals surface area contributed by atoms with E-state index in [0.29, 0.717) is 23.6 Å². The Morgan fingerprint density at radius 2 is 1.76 bits per heavy atom. The van der Waals surface area contributed by atoms with E-state index >= 15 is 0 Å². The van der Waals surface area contributed by atoms with Gasteiger partial charge in [0.1, 0.15) is 12.4 Å². The van der Waals surface area contributed by atoms with Crippen LogP contribution in [0, 0.1) is 0 Å². The Labute approximate surface area is 171 Å². The van der Waals surface area contributed by atoms with E-state index in [4.69, 9.17) is 4.74 Å². The standard InChI is InChI=1S/C23H27N3O3/c1-2-16-29-21-9-5-4-8-20(21)25-22(27)17-24-19-12-10-18(11-13-19)23(28)26-14-6-3-7-15-26/h2,4-5,8-13,24H,1,3,6-7,14-17H2,(H,25,27). The topological polar surface area (TPSA) is 70.7 Å². The number of likely N-dealkylation sites (tertiary alicyclic amines) is 1. The summed E-state index contributed by atoms with van der Waals surface area (Å²) in [6, 6.07) is 14.5. The minimum Gasteiger partial charge on any atom is -0.487 e. The fourth-order valence-electron chi connectivity index (χ4n) is 3.23. The minimum atomic E-state index is -0.187. The van der Waals surface area contributed by atoms with Crippen LogP contribution >= 0.6 is 0 Å². The Hall–Kier alpha value is -3.28. The fraction of sp³-hybridized carbons (Fsp3) is 0.304. The van der Waals surface area contributed by atoms with Crippen molar-refractivity contribution in [3.63, 3.8) is 0 Å². The van der Waals surface area contributed by atoms with Gasteiger partial charge in [0, 0.05) is 24.3 Å². The van der Waals surface area contributed by atoms with Gasteiger partial charge in [-0.2, -0.15) is 0 Å². The van der Waals surface area contributed by atoms with Crippen LogP contribution in [-0.4, -0.2) is 43.0 Å². The number of carbonyl (C=O) groups is 2. The number of para-hydroxylation sites is 2. The molecule has 3 rings (SSSR count). The van der Waals surface area contributed by atoms with Crippen LogP contribution in [0.5, 0.6) is 5.75 Å². The zero-order valence-electron chi connectivity index (χ0n) is 16.5. The molecular formula is C23H27N3O3. The molecule has 1 aliphatic heterocycles. The van der Waals surface area contributed by atoms with Gasteiger partial charge in [0.25, 0.3) is 5.91 Å². The maximum Gasteiger partial charge on any atom is 0.253 e. The molecule has 2 aromatic carbocycles. The summed E-state index contributed by atoms with van der Waals surface area (Å²) in [6.45, 7) is 5.76. The molecule has 0 saturated carbocycles. The number of hydrogen-bond acceptors (Lipinski definition) is 4. The number of piperidine rings is 1. The summed E-state index contributed by atoms with van der Waals surface area (Å²) in [7, 11) is 0. The lowest BCUT2D eigenvalue weighted by atomic mass is 10.1. The largest absolute Gasteiger partial charge is 0.487 e. The molecule has 0 bridgehead atoms. The third-order valence-corrected chi connectivity index (χ3v) is 4.75. The van der Waals surface area contributed by atoms with Gasteiger partial charge in [0.05, 0.1) is 12.2 Å². The van der Waals surface area contributed by atoms with Crippen molar-refractivity contribution in [2.24, 2.45) is 0 Å². The molecule has 2 N–H and O–H groups in total. The number of rotatable bonds is 8. The average Bonchev–Trinajstić information content (AvgIpc) is 2.77. The number of nitrogens with one attached hydrogen (secondary N) is 2. The van der Waals surface area contributed by atoms with Gasteiger partial charge in [-0.15, -0.1) is 0 Å². The Morgan fingerprint density at radius 3 is 2.48 bits per heavy atom. The smallest absolute Gasteiger partial charge is 0.253 e. The van der Waals surface area contributed by atoms with E-state index in [2.05, 4.69) is 17.2 Å². The van der Waals surface area contributed by atoms with Crippen molar-refractivity contribution < 1.29 is 14.3 Å². The van der Waals surface area contributed by atoms with Crippen molar-refractivity contribution in [2.45, 2.75) is 19.3 Å². The predicted molar refractivity (Wildman–Crippen MR) is 115 cm³/mol. The van der Waals surface area contributed by atoms with E-state index in [9.17, 15) is 9.59 Å². The number of benzene rings is 2. The van der Waals surface area contributed by atoms with Crippen LogP contribution in [-0.2, 0) is 4.79 Å². The predicted octanol–water partition coefficient (Wildman–Crippen LogP) is 3.93. The van der Waals surface area contributed by atoms with E-state index in [1.54, 1.807) is 30.3 Å². The molecule has 0 atom stereocenters. The van der Waals surface area contributed by atoms with E-state index in [0.717, 1.165) is 31.6 Å². The normalized spacial score (nSPS) is 13.4. The molecule has 6 heteroatoms. The van der Waals surface area contributed by atoms with Gasteiger partial charge in [-0.3, -0.25) is 9.59 Å². The first-order valence-corrected chi connectivity index (χ1v) is 9.93. The Kier molecular flexibility index (Phi) is 7.28. The molecule has 29 heavy (non-hydrogen) atoms. The molecule has 2 amide bonds. The van der Waals surface area contributed by atoms with Gasteiger partial charge in [0.15, 0.2) is 0 Å². The number of anilines is 2. The Bertz CT molecular complexity index is 843. The monoisotopic (exact) mass is 393 g/mol. The van der Waals surface area contributed by atoms with Crippen LogP contribution in [0.2, 0.25) is 0 Å². The van der Waals surface area contributed by atoms with Gasteiger partial charge in [-0.25, -0.2) is 0 Å². The molecule has 1 fully saturated rings. The van der Waals surface area contributed by atoms with Crippen molar-refractivity contribution in [2.75, 3.05) is 36.9 Å². The number of carbonyl (C=O) groups excluding carboxylic acids is 2. The van der Waals surface area contributed by atoms with Gasteiger partial charge >= 0.3 is 0 Å². The summed E-state index contributed by atoms with van der Waals surface area (Å²) < 4.78 is 5.55. The molecule has 1 heterocycles. The highest BCUT2D eigenvalue weighted by molar-refractivity contribution is 5.96. The summed E-state index contributed by atoms with van der Waals surface area (Å²) in [5, 5.41) is 5.92. The average molecular weight is 393 g/mol. The molecular weight excluding hydrogens is 366 g/mol. The van der Waals surface area contributed by atoms with Gasteiger partial charge < -0.3 is 20.3 Å². The van der Waals surface area contributed by atoms with Crippen LogP contribution in [0.25, 0.3) is 0 Å². The van der Waals surface area contributed by atoms with Crippen molar-refractivity contribution >= 4 is 23.2 Å². The number of ether oxygens (including phenoxy) is 1. The van der Waals surface area contributed by atoms with Crippen molar-refractivity contribution in [1.29, 1.82) is 0 Å². The quantitative estimate of drug-likeness (QED) is 0.667. The summed E-state index contributed by atoms with van der Waals surface area (Å²) in [4.78, 5) is 26.7. The molecule has 0 spiro atoms. The highest BCUT2D eigenvalue weighted by Crippen LogP contribution is 2.23. The summed E-state index contributed by atoms with van der Waals surface area (Å²) in [5.41, 5.74) is 2.07. The van der Waals surface area contributed by atoms with Crippen LogP contribution in [0.4, 0.5) is 11.4 Å². The van der Waals surface area contributed by atoms with Gasteiger partial charge in [-0.1, -0.05) is 24.8 Å². The number of nitrogens with zero attached hydrogens (tertiary/aromatic N) is 1. The number of amides is 2. The molecule has 6 nitrogen and oxygen atoms in total. The molecule has 0 aromatic heterocycles. The first kappa shape index (κ1) is 20.5. The maximum absolute atomic E-state index is 12.5. The molecule has 2 aromatic rings. The molecule has 1 saturated heterocycles. The summed E-state index contributed by atoms with van der Waals surface area (Å²) >= 11 is 0. The second kappa shape index (κ2) is 10.3. The first-order chi connectivity index (χ1) is 14.2. The molecule has 0 unspecified atom stereocenters. The van der Waals surface area contributed by atoms with E-state index < -0.39 is 0 Å². The van der Waals surface area contributed by atoms with Crippen LogP contribution in [0.15, 0.2) is 61.2 Å². The second-order valence-electron chi connectivity index (χ2n) is 6.93. The third-order valence-electron chi connectivity index (χ3n) is 4.75. The molecule has 1 aliphatic rings. The van der Waals surface area contributed by atoms with Gasteiger partial charge in [0.2, 0.25) is 5.91 Å². The fourth-order valence-corrected chi connectivity index (χ4v) is 3.23. The van der Waals surface area contributed by atoms with Crippen LogP contribution in [0.3, 0.4) is 0 Å². The lowest BCUT2D eigenvalue weighted by molar-refractivity contribution is -0.114. The zero-order chi connectivity index (χ0) is 20.5. The highest BCUT2D eigenvalue weighted by Gasteiger charge is 2.17. The van der Waals surface area contributed by atoms with E-state index in [1.807, 2.05) is 29.2 Å². The maximum atomic E-state index is 12.5. The number of hydrogen-bond donors (Lipinski definition) is 2. The Balaban J connectivity index is 1.51. The molecule has 0 radical (unpaired) electrons. The zero-order valence-corrected chi connectivity index (χ0v) is 16.5. The third kappa shape index (κ3) is 5.85. The highest BCUT2D eigenvalue weighted by atomic mass is 16.5. The van der Waals surface area contributed by atoms with E-state index in [-0.39, 0.29) is 18.4 Å². The lowest BCUT2D eigenvalue weighted by Gasteiger charge is -2.26. The summed E-state index contributed by atoms with van der Waals surface area (Å²) in [6.07, 6.45) is 4.99. The minimum absolute atomic E-state index is 0.0742. The lowest BCUT2D eigenvalue weighted by Crippen LogP contribution is -2.35. The molecule has 0 aliphatic carbocycles.